The number of nitro groups is 1. The van der Waals surface area contributed by atoms with Gasteiger partial charge in [0.05, 0.1) is 15.1 Å². The number of nitrogens with zero attached hydrogens (tertiary/aromatic N) is 4. The van der Waals surface area contributed by atoms with Gasteiger partial charge in [-0.3, -0.25) is 19.8 Å². The normalized spacial score (nSPS) is 11.2. The number of aromatic nitrogens is 1. The summed E-state index contributed by atoms with van der Waals surface area (Å²) in [4.78, 5) is 32.4. The monoisotopic (exact) mass is 466 g/mol. The van der Waals surface area contributed by atoms with Gasteiger partial charge in [-0.1, -0.05) is 28.7 Å². The number of likely N-dealkylation sites (N-methyl/N-ethyl adjacent to an activating group) is 1. The van der Waals surface area contributed by atoms with Gasteiger partial charge in [0.2, 0.25) is 0 Å². The van der Waals surface area contributed by atoms with Crippen molar-refractivity contribution < 1.29 is 9.72 Å². The highest BCUT2D eigenvalue weighted by Crippen LogP contribution is 2.32. The number of hydrogen-bond donors (Lipinski definition) is 0. The van der Waals surface area contributed by atoms with Crippen LogP contribution in [0.5, 0.6) is 0 Å². The van der Waals surface area contributed by atoms with E-state index in [1.54, 1.807) is 17.0 Å². The molecule has 0 fully saturated rings. The number of halogens is 1. The summed E-state index contributed by atoms with van der Waals surface area (Å²) in [6.45, 7) is 5.26. The Morgan fingerprint density at radius 2 is 1.93 bits per heavy atom. The Labute approximate surface area is 189 Å². The molecule has 30 heavy (non-hydrogen) atoms. The predicted molar refractivity (Wildman–Crippen MR) is 127 cm³/mol. The Hall–Kier alpha value is -2.33. The van der Waals surface area contributed by atoms with E-state index >= 15 is 0 Å². The van der Waals surface area contributed by atoms with E-state index in [-0.39, 0.29) is 23.3 Å². The Balaban J connectivity index is 0.00000320. The molecule has 7 nitrogen and oxygen atoms in total. The number of fused-ring (bicyclic) bond motifs is 1. The molecule has 0 spiro atoms. The molecular weight excluding hydrogens is 444 g/mol. The van der Waals surface area contributed by atoms with Crippen LogP contribution in [0.3, 0.4) is 0 Å². The minimum Gasteiger partial charge on any atom is -0.308 e. The third kappa shape index (κ3) is 5.63. The number of thiophene rings is 1. The maximum atomic E-state index is 13.0. The number of amides is 1. The zero-order valence-electron chi connectivity index (χ0n) is 17.1. The van der Waals surface area contributed by atoms with Gasteiger partial charge in [0, 0.05) is 30.1 Å². The number of carbonyl (C=O) groups is 1. The lowest BCUT2D eigenvalue weighted by molar-refractivity contribution is -0.380. The molecule has 0 saturated heterocycles. The van der Waals surface area contributed by atoms with Gasteiger partial charge >= 0.3 is 5.00 Å². The fourth-order valence-corrected chi connectivity index (χ4v) is 4.75. The van der Waals surface area contributed by atoms with E-state index in [0.29, 0.717) is 23.1 Å². The third-order valence-corrected chi connectivity index (χ3v) is 6.30. The summed E-state index contributed by atoms with van der Waals surface area (Å²) in [5.41, 5.74) is 3.16. The molecule has 0 unspecified atom stereocenters. The van der Waals surface area contributed by atoms with Crippen LogP contribution in [-0.2, 0) is 4.79 Å². The maximum absolute atomic E-state index is 13.0. The quantitative estimate of drug-likeness (QED) is 0.280. The van der Waals surface area contributed by atoms with Gasteiger partial charge in [-0.25, -0.2) is 4.98 Å². The molecule has 3 aromatic rings. The number of hydrogen-bond acceptors (Lipinski definition) is 7. The van der Waals surface area contributed by atoms with Crippen molar-refractivity contribution in [1.82, 2.24) is 9.88 Å². The summed E-state index contributed by atoms with van der Waals surface area (Å²) in [5, 5.41) is 11.5. The summed E-state index contributed by atoms with van der Waals surface area (Å²) < 4.78 is 1.05. The number of carbonyl (C=O) groups excluding carboxylic acids is 1. The Morgan fingerprint density at radius 1 is 1.20 bits per heavy atom. The maximum Gasteiger partial charge on any atom is 0.324 e. The topological polar surface area (TPSA) is 79.6 Å². The van der Waals surface area contributed by atoms with Crippen LogP contribution in [0.2, 0.25) is 0 Å². The van der Waals surface area contributed by atoms with Gasteiger partial charge in [0.1, 0.15) is 0 Å². The highest BCUT2D eigenvalue weighted by atomic mass is 35.5. The molecule has 2 heterocycles. The summed E-state index contributed by atoms with van der Waals surface area (Å²) in [5.74, 6) is -0.198. The number of thiazole rings is 1. The van der Waals surface area contributed by atoms with Crippen molar-refractivity contribution in [2.45, 2.75) is 13.8 Å². The second-order valence-corrected chi connectivity index (χ2v) is 9.09. The van der Waals surface area contributed by atoms with Crippen molar-refractivity contribution in [2.24, 2.45) is 0 Å². The Kier molecular flexibility index (Phi) is 8.08. The molecule has 3 rings (SSSR count). The minimum absolute atomic E-state index is 0. The van der Waals surface area contributed by atoms with E-state index in [1.165, 1.54) is 23.5 Å². The van der Waals surface area contributed by atoms with Crippen LogP contribution >= 0.6 is 35.1 Å². The predicted octanol–water partition coefficient (Wildman–Crippen LogP) is 4.91. The molecular formula is C20H23ClN4O3S2. The number of benzene rings is 1. The van der Waals surface area contributed by atoms with Gasteiger partial charge < -0.3 is 4.90 Å². The van der Waals surface area contributed by atoms with Gasteiger partial charge in [0.15, 0.2) is 5.13 Å². The lowest BCUT2D eigenvalue weighted by Crippen LogP contribution is -2.35. The van der Waals surface area contributed by atoms with E-state index in [9.17, 15) is 14.9 Å². The number of aryl methyl sites for hydroxylation is 2. The second kappa shape index (κ2) is 10.1. The molecule has 2 aromatic heterocycles. The van der Waals surface area contributed by atoms with E-state index < -0.39 is 4.92 Å². The van der Waals surface area contributed by atoms with E-state index in [0.717, 1.165) is 32.7 Å². The fourth-order valence-electron chi connectivity index (χ4n) is 2.85. The molecule has 1 aromatic carbocycles. The molecule has 0 aliphatic carbocycles. The summed E-state index contributed by atoms with van der Waals surface area (Å²) >= 11 is 2.54. The van der Waals surface area contributed by atoms with Crippen LogP contribution in [0, 0.1) is 24.0 Å². The van der Waals surface area contributed by atoms with Crippen LogP contribution in [0.1, 0.15) is 16.0 Å². The van der Waals surface area contributed by atoms with Crippen molar-refractivity contribution in [1.29, 1.82) is 0 Å². The molecule has 0 N–H and O–H groups in total. The largest absolute Gasteiger partial charge is 0.324 e. The van der Waals surface area contributed by atoms with Gasteiger partial charge in [-0.2, -0.15) is 0 Å². The van der Waals surface area contributed by atoms with Crippen LogP contribution in [0.4, 0.5) is 10.1 Å². The second-order valence-electron chi connectivity index (χ2n) is 6.98. The first-order valence-electron chi connectivity index (χ1n) is 9.01. The van der Waals surface area contributed by atoms with E-state index in [4.69, 9.17) is 4.98 Å². The average molecular weight is 467 g/mol. The van der Waals surface area contributed by atoms with Crippen LogP contribution < -0.4 is 4.90 Å². The van der Waals surface area contributed by atoms with Gasteiger partial charge in [-0.15, -0.1) is 12.4 Å². The highest BCUT2D eigenvalue weighted by Gasteiger charge is 2.19. The van der Waals surface area contributed by atoms with Gasteiger partial charge in [-0.05, 0) is 57.3 Å². The highest BCUT2D eigenvalue weighted by molar-refractivity contribution is 7.22. The molecule has 0 aliphatic heterocycles. The van der Waals surface area contributed by atoms with Crippen LogP contribution in [0.15, 0.2) is 30.3 Å². The zero-order chi connectivity index (χ0) is 21.1. The fraction of sp³-hybridized carbons (Fsp3) is 0.300. The van der Waals surface area contributed by atoms with Crippen LogP contribution in [0.25, 0.3) is 16.3 Å². The van der Waals surface area contributed by atoms with Crippen molar-refractivity contribution in [3.63, 3.8) is 0 Å². The lowest BCUT2D eigenvalue weighted by Gasteiger charge is -2.20. The van der Waals surface area contributed by atoms with Crippen molar-refractivity contribution in [3.05, 3.63) is 56.5 Å². The SMILES string of the molecule is Cc1cc(C)c2nc(N(CCN(C)C)C(=O)C=Cc3ccc([N+](=O)[O-])s3)sc2c1.Cl. The Morgan fingerprint density at radius 3 is 2.57 bits per heavy atom. The number of rotatable bonds is 7. The zero-order valence-corrected chi connectivity index (χ0v) is 19.6. The molecule has 0 saturated carbocycles. The van der Waals surface area contributed by atoms with Gasteiger partial charge in [0.25, 0.3) is 5.91 Å². The first kappa shape index (κ1) is 23.9. The molecule has 0 aliphatic rings. The molecule has 1 amide bonds. The summed E-state index contributed by atoms with van der Waals surface area (Å²) in [6.07, 6.45) is 3.07. The standard InChI is InChI=1S/C20H22N4O3S2.ClH/c1-13-11-14(2)19-16(12-13)29-20(21-19)23(10-9-22(3)4)17(25)7-5-15-6-8-18(28-15)24(26)27;/h5-8,11-12H,9-10H2,1-4H3;1H. The first-order chi connectivity index (χ1) is 13.7. The molecule has 0 radical (unpaired) electrons. The van der Waals surface area contributed by atoms with E-state index in [1.807, 2.05) is 32.8 Å². The molecule has 0 bridgehead atoms. The van der Waals surface area contributed by atoms with Crippen LogP contribution in [-0.4, -0.2) is 47.9 Å². The molecule has 160 valence electrons. The van der Waals surface area contributed by atoms with E-state index in [2.05, 4.69) is 12.1 Å². The Bertz CT molecular complexity index is 1090. The summed E-state index contributed by atoms with van der Waals surface area (Å²) in [7, 11) is 3.91. The third-order valence-electron chi connectivity index (χ3n) is 4.27. The van der Waals surface area contributed by atoms with Crippen molar-refractivity contribution >= 4 is 67.4 Å². The first-order valence-corrected chi connectivity index (χ1v) is 10.6. The average Bonchev–Trinajstić information content (AvgIpc) is 3.27. The lowest BCUT2D eigenvalue weighted by atomic mass is 10.1. The van der Waals surface area contributed by atoms with Crippen molar-refractivity contribution in [2.75, 3.05) is 32.1 Å². The smallest absolute Gasteiger partial charge is 0.308 e. The summed E-state index contributed by atoms with van der Waals surface area (Å²) in [6, 6.07) is 7.25. The molecule has 10 heteroatoms. The van der Waals surface area contributed by atoms with Crippen molar-refractivity contribution in [3.8, 4) is 0 Å². The molecule has 0 atom stereocenters. The minimum atomic E-state index is -0.432. The number of anilines is 1.